The predicted molar refractivity (Wildman–Crippen MR) is 65.8 cm³/mol. The van der Waals surface area contributed by atoms with Crippen LogP contribution in [0.4, 0.5) is 0 Å². The lowest BCUT2D eigenvalue weighted by molar-refractivity contribution is -0.101. The zero-order chi connectivity index (χ0) is 11.7. The van der Waals surface area contributed by atoms with Crippen molar-refractivity contribution in [3.63, 3.8) is 0 Å². The molecule has 0 radical (unpaired) electrons. The molecule has 1 N–H and O–H groups in total. The topological polar surface area (TPSA) is 30.5 Å². The largest absolute Gasteiger partial charge is 0.345 e. The van der Waals surface area contributed by atoms with Gasteiger partial charge in [-0.3, -0.25) is 0 Å². The highest BCUT2D eigenvalue weighted by Gasteiger charge is 2.42. The van der Waals surface area contributed by atoms with Gasteiger partial charge in [0.1, 0.15) is 0 Å². The lowest BCUT2D eigenvalue weighted by Crippen LogP contribution is -2.43. The Balaban J connectivity index is 1.77. The summed E-state index contributed by atoms with van der Waals surface area (Å²) >= 11 is 0. The van der Waals surface area contributed by atoms with Crippen LogP contribution in [0.5, 0.6) is 0 Å². The van der Waals surface area contributed by atoms with E-state index in [9.17, 15) is 0 Å². The number of piperidine rings is 1. The minimum absolute atomic E-state index is 0.0435. The van der Waals surface area contributed by atoms with Crippen molar-refractivity contribution < 1.29 is 9.47 Å². The number of benzene rings is 1. The summed E-state index contributed by atoms with van der Waals surface area (Å²) in [5.41, 5.74) is 2.37. The molecular weight excluding hydrogens is 214 g/mol. The van der Waals surface area contributed by atoms with Crippen molar-refractivity contribution in [2.45, 2.75) is 31.7 Å². The lowest BCUT2D eigenvalue weighted by Gasteiger charge is -2.31. The molecule has 2 aliphatic rings. The minimum atomic E-state index is -0.172. The molecule has 0 aromatic heterocycles. The third kappa shape index (κ3) is 2.10. The van der Waals surface area contributed by atoms with Crippen LogP contribution in [-0.2, 0) is 9.47 Å². The van der Waals surface area contributed by atoms with E-state index in [4.69, 9.17) is 9.47 Å². The lowest BCUT2D eigenvalue weighted by atomic mass is 9.93. The standard InChI is InChI=1S/C14H19NO2/c1-11-4-2-3-5-12(11)13-16-10-14(17-13)6-8-15-9-7-14/h2-5,13,15H,6-10H2,1H3. The maximum Gasteiger partial charge on any atom is 0.184 e. The number of aryl methyl sites for hydroxylation is 1. The normalized spacial score (nSPS) is 27.5. The van der Waals surface area contributed by atoms with Crippen LogP contribution in [0.2, 0.25) is 0 Å². The number of ether oxygens (including phenoxy) is 2. The van der Waals surface area contributed by atoms with Crippen molar-refractivity contribution in [2.24, 2.45) is 0 Å². The van der Waals surface area contributed by atoms with Gasteiger partial charge in [0.25, 0.3) is 0 Å². The van der Waals surface area contributed by atoms with Gasteiger partial charge in [-0.2, -0.15) is 0 Å². The fourth-order valence-electron chi connectivity index (χ4n) is 2.67. The van der Waals surface area contributed by atoms with Gasteiger partial charge in [-0.25, -0.2) is 0 Å². The van der Waals surface area contributed by atoms with Gasteiger partial charge < -0.3 is 14.8 Å². The number of rotatable bonds is 1. The van der Waals surface area contributed by atoms with Crippen molar-refractivity contribution in [3.8, 4) is 0 Å². The molecule has 1 aromatic carbocycles. The summed E-state index contributed by atoms with van der Waals surface area (Å²) in [5.74, 6) is 0. The van der Waals surface area contributed by atoms with Crippen LogP contribution >= 0.6 is 0 Å². The quantitative estimate of drug-likeness (QED) is 0.806. The Morgan fingerprint density at radius 2 is 2.00 bits per heavy atom. The number of hydrogen-bond acceptors (Lipinski definition) is 3. The Bertz CT molecular complexity index is 399. The molecule has 2 heterocycles. The summed E-state index contributed by atoms with van der Waals surface area (Å²) in [6, 6.07) is 8.30. The van der Waals surface area contributed by atoms with E-state index in [-0.39, 0.29) is 11.9 Å². The van der Waals surface area contributed by atoms with Crippen LogP contribution in [0.3, 0.4) is 0 Å². The maximum atomic E-state index is 6.19. The van der Waals surface area contributed by atoms with Gasteiger partial charge in [0.2, 0.25) is 0 Å². The first-order chi connectivity index (χ1) is 8.29. The molecule has 2 fully saturated rings. The third-order valence-electron chi connectivity index (χ3n) is 3.81. The van der Waals surface area contributed by atoms with Crippen LogP contribution in [0.25, 0.3) is 0 Å². The molecule has 0 saturated carbocycles. The number of hydrogen-bond donors (Lipinski definition) is 1. The van der Waals surface area contributed by atoms with Gasteiger partial charge in [-0.1, -0.05) is 24.3 Å². The van der Waals surface area contributed by atoms with Gasteiger partial charge in [0.05, 0.1) is 12.2 Å². The first-order valence-electron chi connectivity index (χ1n) is 6.35. The van der Waals surface area contributed by atoms with Gasteiger partial charge >= 0.3 is 0 Å². The highest BCUT2D eigenvalue weighted by atomic mass is 16.7. The van der Waals surface area contributed by atoms with Crippen LogP contribution in [0.1, 0.15) is 30.3 Å². The van der Waals surface area contributed by atoms with E-state index in [0.29, 0.717) is 0 Å². The van der Waals surface area contributed by atoms with E-state index in [2.05, 4.69) is 24.4 Å². The summed E-state index contributed by atoms with van der Waals surface area (Å²) < 4.78 is 12.1. The highest BCUT2D eigenvalue weighted by molar-refractivity contribution is 5.27. The van der Waals surface area contributed by atoms with Crippen LogP contribution in [0.15, 0.2) is 24.3 Å². The highest BCUT2D eigenvalue weighted by Crippen LogP contribution is 2.39. The fraction of sp³-hybridized carbons (Fsp3) is 0.571. The van der Waals surface area contributed by atoms with E-state index in [1.807, 2.05) is 12.1 Å². The Hall–Kier alpha value is -0.900. The van der Waals surface area contributed by atoms with Crippen LogP contribution in [-0.4, -0.2) is 25.3 Å². The van der Waals surface area contributed by atoms with Crippen molar-refractivity contribution in [1.82, 2.24) is 5.32 Å². The summed E-state index contributed by atoms with van der Waals surface area (Å²) in [7, 11) is 0. The maximum absolute atomic E-state index is 6.19. The molecule has 1 unspecified atom stereocenters. The monoisotopic (exact) mass is 233 g/mol. The summed E-state index contributed by atoms with van der Waals surface area (Å²) in [6.45, 7) is 4.90. The fourth-order valence-corrected chi connectivity index (χ4v) is 2.67. The van der Waals surface area contributed by atoms with E-state index >= 15 is 0 Å². The Morgan fingerprint density at radius 1 is 1.24 bits per heavy atom. The first-order valence-corrected chi connectivity index (χ1v) is 6.35. The van der Waals surface area contributed by atoms with Gasteiger partial charge in [0.15, 0.2) is 6.29 Å². The van der Waals surface area contributed by atoms with Crippen molar-refractivity contribution >= 4 is 0 Å². The third-order valence-corrected chi connectivity index (χ3v) is 3.81. The zero-order valence-electron chi connectivity index (χ0n) is 10.2. The molecule has 2 saturated heterocycles. The second-order valence-corrected chi connectivity index (χ2v) is 5.05. The van der Waals surface area contributed by atoms with Gasteiger partial charge in [0, 0.05) is 5.56 Å². The van der Waals surface area contributed by atoms with Crippen molar-refractivity contribution in [3.05, 3.63) is 35.4 Å². The molecule has 3 heteroatoms. The average molecular weight is 233 g/mol. The van der Waals surface area contributed by atoms with Gasteiger partial charge in [-0.05, 0) is 38.4 Å². The van der Waals surface area contributed by atoms with Crippen LogP contribution in [0, 0.1) is 6.92 Å². The van der Waals surface area contributed by atoms with E-state index < -0.39 is 0 Å². The van der Waals surface area contributed by atoms with Crippen LogP contribution < -0.4 is 5.32 Å². The molecule has 3 nitrogen and oxygen atoms in total. The van der Waals surface area contributed by atoms with E-state index in [0.717, 1.165) is 32.5 Å². The molecule has 2 aliphatic heterocycles. The van der Waals surface area contributed by atoms with E-state index in [1.54, 1.807) is 0 Å². The second kappa shape index (κ2) is 4.41. The smallest absolute Gasteiger partial charge is 0.184 e. The molecule has 17 heavy (non-hydrogen) atoms. The molecule has 0 amide bonds. The van der Waals surface area contributed by atoms with Crippen molar-refractivity contribution in [2.75, 3.05) is 19.7 Å². The zero-order valence-corrected chi connectivity index (χ0v) is 10.2. The summed E-state index contributed by atoms with van der Waals surface area (Å²) in [6.07, 6.45) is 1.93. The molecular formula is C14H19NO2. The van der Waals surface area contributed by atoms with E-state index in [1.165, 1.54) is 11.1 Å². The Kier molecular flexibility index (Phi) is 2.90. The molecule has 92 valence electrons. The predicted octanol–water partition coefficient (Wildman–Crippen LogP) is 2.16. The first kappa shape index (κ1) is 11.2. The van der Waals surface area contributed by atoms with Gasteiger partial charge in [-0.15, -0.1) is 0 Å². The molecule has 1 spiro atoms. The molecule has 1 aromatic rings. The average Bonchev–Trinajstić information content (AvgIpc) is 2.74. The number of nitrogens with one attached hydrogen (secondary N) is 1. The SMILES string of the molecule is Cc1ccccc1C1OCC2(CCNCC2)O1. The molecule has 3 rings (SSSR count). The Labute approximate surface area is 102 Å². The molecule has 0 bridgehead atoms. The summed E-state index contributed by atoms with van der Waals surface area (Å²) in [5, 5.41) is 3.37. The van der Waals surface area contributed by atoms with Crippen molar-refractivity contribution in [1.29, 1.82) is 0 Å². The molecule has 1 atom stereocenters. The minimum Gasteiger partial charge on any atom is -0.345 e. The molecule has 0 aliphatic carbocycles. The Morgan fingerprint density at radius 3 is 2.76 bits per heavy atom. The second-order valence-electron chi connectivity index (χ2n) is 5.05. The summed E-state index contributed by atoms with van der Waals surface area (Å²) in [4.78, 5) is 0.